The molecule has 3 rings (SSSR count). The molecule has 2 N–H and O–H groups in total. The second-order valence-corrected chi connectivity index (χ2v) is 8.33. The van der Waals surface area contributed by atoms with Crippen molar-refractivity contribution in [2.45, 2.75) is 39.2 Å². The average molecular weight is 416 g/mol. The van der Waals surface area contributed by atoms with Crippen LogP contribution in [0.3, 0.4) is 0 Å². The standard InChI is InChI=1S/C23H37N5O2/c1-3-24-23(25-17-21(29)20-9-7-19(2)8-10-20)28-15-13-26(14-16-28)18-22(30)27-11-5-4-6-12-27/h7-10,21,29H,3-6,11-18H2,1-2H3,(H,24,25). The number of amides is 1. The highest BCUT2D eigenvalue weighted by atomic mass is 16.3. The fourth-order valence-corrected chi connectivity index (χ4v) is 4.05. The molecule has 0 bridgehead atoms. The third-order valence-electron chi connectivity index (χ3n) is 5.95. The zero-order chi connectivity index (χ0) is 21.3. The highest BCUT2D eigenvalue weighted by molar-refractivity contribution is 5.80. The quantitative estimate of drug-likeness (QED) is 0.546. The second kappa shape index (κ2) is 11.3. The number of aliphatic hydroxyl groups is 1. The number of nitrogens with one attached hydrogen (secondary N) is 1. The number of hydrogen-bond donors (Lipinski definition) is 2. The van der Waals surface area contributed by atoms with Gasteiger partial charge in [0, 0.05) is 45.8 Å². The number of piperazine rings is 1. The van der Waals surface area contributed by atoms with E-state index in [9.17, 15) is 9.90 Å². The van der Waals surface area contributed by atoms with Crippen molar-refractivity contribution in [3.63, 3.8) is 0 Å². The molecule has 166 valence electrons. The third kappa shape index (κ3) is 6.44. The van der Waals surface area contributed by atoms with Crippen LogP contribution in [0.1, 0.15) is 43.4 Å². The molecule has 1 aromatic carbocycles. The maximum atomic E-state index is 12.5. The third-order valence-corrected chi connectivity index (χ3v) is 5.95. The summed E-state index contributed by atoms with van der Waals surface area (Å²) >= 11 is 0. The van der Waals surface area contributed by atoms with E-state index in [2.05, 4.69) is 27.0 Å². The summed E-state index contributed by atoms with van der Waals surface area (Å²) in [6.45, 7) is 10.9. The van der Waals surface area contributed by atoms with Gasteiger partial charge in [0.15, 0.2) is 5.96 Å². The van der Waals surface area contributed by atoms with Crippen LogP contribution in [0, 0.1) is 6.92 Å². The van der Waals surface area contributed by atoms with Crippen LogP contribution in [-0.4, -0.2) is 90.6 Å². The number of likely N-dealkylation sites (tertiary alicyclic amines) is 1. The molecule has 0 saturated carbocycles. The highest BCUT2D eigenvalue weighted by Gasteiger charge is 2.24. The maximum Gasteiger partial charge on any atom is 0.236 e. The predicted octanol–water partition coefficient (Wildman–Crippen LogP) is 1.62. The van der Waals surface area contributed by atoms with E-state index in [-0.39, 0.29) is 5.91 Å². The van der Waals surface area contributed by atoms with Gasteiger partial charge in [0.2, 0.25) is 5.91 Å². The van der Waals surface area contributed by atoms with Crippen LogP contribution in [0.15, 0.2) is 29.3 Å². The lowest BCUT2D eigenvalue weighted by Gasteiger charge is -2.37. The zero-order valence-corrected chi connectivity index (χ0v) is 18.5. The largest absolute Gasteiger partial charge is 0.386 e. The Balaban J connectivity index is 1.50. The van der Waals surface area contributed by atoms with Gasteiger partial charge in [0.1, 0.15) is 0 Å². The molecule has 7 nitrogen and oxygen atoms in total. The number of carbonyl (C=O) groups excluding carboxylic acids is 1. The number of hydrogen-bond acceptors (Lipinski definition) is 4. The highest BCUT2D eigenvalue weighted by Crippen LogP contribution is 2.14. The van der Waals surface area contributed by atoms with Crippen molar-refractivity contribution in [1.29, 1.82) is 0 Å². The van der Waals surface area contributed by atoms with Gasteiger partial charge in [-0.25, -0.2) is 0 Å². The molecular formula is C23H37N5O2. The maximum absolute atomic E-state index is 12.5. The summed E-state index contributed by atoms with van der Waals surface area (Å²) in [6.07, 6.45) is 2.91. The van der Waals surface area contributed by atoms with Crippen LogP contribution >= 0.6 is 0 Å². The summed E-state index contributed by atoms with van der Waals surface area (Å²) in [4.78, 5) is 23.7. The van der Waals surface area contributed by atoms with Crippen molar-refractivity contribution in [1.82, 2.24) is 20.0 Å². The first-order valence-corrected chi connectivity index (χ1v) is 11.3. The molecule has 2 heterocycles. The number of nitrogens with zero attached hydrogens (tertiary/aromatic N) is 4. The Hall–Kier alpha value is -2.12. The van der Waals surface area contributed by atoms with Crippen LogP contribution < -0.4 is 5.32 Å². The lowest BCUT2D eigenvalue weighted by molar-refractivity contribution is -0.133. The van der Waals surface area contributed by atoms with E-state index in [1.165, 1.54) is 12.0 Å². The van der Waals surface area contributed by atoms with Gasteiger partial charge in [0.05, 0.1) is 19.2 Å². The van der Waals surface area contributed by atoms with Crippen molar-refractivity contribution in [2.24, 2.45) is 4.99 Å². The molecule has 0 spiro atoms. The SMILES string of the molecule is CCNC(=NCC(O)c1ccc(C)cc1)N1CCN(CC(=O)N2CCCCC2)CC1. The number of rotatable bonds is 6. The Morgan fingerprint density at radius 2 is 1.70 bits per heavy atom. The molecule has 1 unspecified atom stereocenters. The summed E-state index contributed by atoms with van der Waals surface area (Å²) in [5.74, 6) is 1.11. The van der Waals surface area contributed by atoms with Crippen LogP contribution in [0.2, 0.25) is 0 Å². The Kier molecular flexibility index (Phi) is 8.51. The van der Waals surface area contributed by atoms with E-state index in [4.69, 9.17) is 0 Å². The molecule has 1 aromatic rings. The molecular weight excluding hydrogens is 378 g/mol. The van der Waals surface area contributed by atoms with Crippen LogP contribution in [-0.2, 0) is 4.79 Å². The first kappa shape index (κ1) is 22.6. The first-order valence-electron chi connectivity index (χ1n) is 11.3. The van der Waals surface area contributed by atoms with Gasteiger partial charge in [-0.05, 0) is 38.7 Å². The molecule has 2 aliphatic rings. The number of aryl methyl sites for hydroxylation is 1. The molecule has 0 aromatic heterocycles. The van der Waals surface area contributed by atoms with Gasteiger partial charge in [-0.15, -0.1) is 0 Å². The van der Waals surface area contributed by atoms with Crippen molar-refractivity contribution in [3.8, 4) is 0 Å². The average Bonchev–Trinajstić information content (AvgIpc) is 2.78. The van der Waals surface area contributed by atoms with E-state index in [0.29, 0.717) is 13.1 Å². The molecule has 2 aliphatic heterocycles. The van der Waals surface area contributed by atoms with Gasteiger partial charge in [-0.3, -0.25) is 14.7 Å². The van der Waals surface area contributed by atoms with E-state index in [0.717, 1.165) is 70.2 Å². The Bertz CT molecular complexity index is 692. The molecule has 2 fully saturated rings. The van der Waals surface area contributed by atoms with E-state index in [1.807, 2.05) is 36.1 Å². The van der Waals surface area contributed by atoms with E-state index >= 15 is 0 Å². The van der Waals surface area contributed by atoms with E-state index < -0.39 is 6.10 Å². The molecule has 1 atom stereocenters. The van der Waals surface area contributed by atoms with Crippen LogP contribution in [0.5, 0.6) is 0 Å². The van der Waals surface area contributed by atoms with Crippen LogP contribution in [0.25, 0.3) is 0 Å². The molecule has 7 heteroatoms. The summed E-state index contributed by atoms with van der Waals surface area (Å²) in [5.41, 5.74) is 2.07. The molecule has 2 saturated heterocycles. The van der Waals surface area contributed by atoms with Crippen molar-refractivity contribution < 1.29 is 9.90 Å². The molecule has 30 heavy (non-hydrogen) atoms. The second-order valence-electron chi connectivity index (χ2n) is 8.33. The topological polar surface area (TPSA) is 71.4 Å². The van der Waals surface area contributed by atoms with Crippen molar-refractivity contribution in [3.05, 3.63) is 35.4 Å². The van der Waals surface area contributed by atoms with Gasteiger partial charge in [-0.2, -0.15) is 0 Å². The molecule has 0 aliphatic carbocycles. The van der Waals surface area contributed by atoms with Crippen molar-refractivity contribution in [2.75, 3.05) is 58.9 Å². The number of piperidine rings is 1. The molecule has 0 radical (unpaired) electrons. The van der Waals surface area contributed by atoms with Crippen LogP contribution in [0.4, 0.5) is 0 Å². The summed E-state index contributed by atoms with van der Waals surface area (Å²) < 4.78 is 0. The fourth-order valence-electron chi connectivity index (χ4n) is 4.05. The minimum atomic E-state index is -0.609. The van der Waals surface area contributed by atoms with Gasteiger partial charge < -0.3 is 20.2 Å². The van der Waals surface area contributed by atoms with Gasteiger partial charge in [-0.1, -0.05) is 29.8 Å². The number of benzene rings is 1. The van der Waals surface area contributed by atoms with E-state index in [1.54, 1.807) is 0 Å². The minimum Gasteiger partial charge on any atom is -0.386 e. The number of carbonyl (C=O) groups is 1. The first-order chi connectivity index (χ1) is 14.6. The summed E-state index contributed by atoms with van der Waals surface area (Å²) in [5, 5.41) is 13.8. The number of aliphatic imine (C=N–C) groups is 1. The van der Waals surface area contributed by atoms with Gasteiger partial charge >= 0.3 is 0 Å². The smallest absolute Gasteiger partial charge is 0.236 e. The van der Waals surface area contributed by atoms with Gasteiger partial charge in [0.25, 0.3) is 0 Å². The zero-order valence-electron chi connectivity index (χ0n) is 18.5. The molecule has 1 amide bonds. The monoisotopic (exact) mass is 415 g/mol. The predicted molar refractivity (Wildman–Crippen MR) is 121 cm³/mol. The lowest BCUT2D eigenvalue weighted by atomic mass is 10.1. The summed E-state index contributed by atoms with van der Waals surface area (Å²) in [7, 11) is 0. The Morgan fingerprint density at radius 1 is 1.03 bits per heavy atom. The number of guanidine groups is 1. The number of aliphatic hydroxyl groups excluding tert-OH is 1. The minimum absolute atomic E-state index is 0.268. The normalized spacial score (nSPS) is 19.6. The fraction of sp³-hybridized carbons (Fsp3) is 0.652. The lowest BCUT2D eigenvalue weighted by Crippen LogP contribution is -2.54. The summed E-state index contributed by atoms with van der Waals surface area (Å²) in [6, 6.07) is 7.94. The van der Waals surface area contributed by atoms with Crippen molar-refractivity contribution >= 4 is 11.9 Å². The Labute approximate surface area is 180 Å². The Morgan fingerprint density at radius 3 is 2.33 bits per heavy atom.